The summed E-state index contributed by atoms with van der Waals surface area (Å²) in [6, 6.07) is 5.32. The largest absolute Gasteiger partial charge is 0.460 e. The number of hydrogen-bond acceptors (Lipinski definition) is 9. The van der Waals surface area contributed by atoms with Gasteiger partial charge in [0, 0.05) is 51.2 Å². The van der Waals surface area contributed by atoms with Crippen molar-refractivity contribution in [3.8, 4) is 0 Å². The fourth-order valence-corrected chi connectivity index (χ4v) is 5.09. The lowest BCUT2D eigenvalue weighted by Crippen LogP contribution is -2.40. The molecule has 12 heteroatoms. The number of aromatic nitrogens is 3. The molecule has 0 aliphatic carbocycles. The Hall–Kier alpha value is -3.86. The molecule has 2 aliphatic heterocycles. The number of cyclic esters (lactones) is 1. The van der Waals surface area contributed by atoms with Crippen LogP contribution in [0.2, 0.25) is 5.02 Å². The standard InChI is InChI=1S/C26H30ClN7O4/c1-14-13-38-25(37)20-21(29-14)17-11-16(5-6-19(17)33(4)24(20)36)30-22-18(27)12-28-26(31-22)34-9-7-15(8-10-34)23(35)32(2)3/h5-6,11-12,14-15,29H,7-10,13H2,1-4H3,(H,28,30,31)/t14-/m0/s1. The number of ether oxygens (including phenoxy) is 1. The van der Waals surface area contributed by atoms with Crippen molar-refractivity contribution in [2.24, 2.45) is 13.0 Å². The van der Waals surface area contributed by atoms with Gasteiger partial charge in [0.25, 0.3) is 5.56 Å². The van der Waals surface area contributed by atoms with Crippen LogP contribution in [-0.2, 0) is 16.6 Å². The van der Waals surface area contributed by atoms with Gasteiger partial charge in [0.1, 0.15) is 17.2 Å². The van der Waals surface area contributed by atoms with Gasteiger partial charge in [-0.2, -0.15) is 4.98 Å². The number of rotatable bonds is 4. The molecule has 0 bridgehead atoms. The average Bonchev–Trinajstić information content (AvgIpc) is 3.06. The first-order valence-corrected chi connectivity index (χ1v) is 12.9. The summed E-state index contributed by atoms with van der Waals surface area (Å²) in [6.07, 6.45) is 3.02. The number of aryl methyl sites for hydroxylation is 1. The molecular formula is C26H30ClN7O4. The molecule has 1 fully saturated rings. The van der Waals surface area contributed by atoms with Crippen LogP contribution in [0.4, 0.5) is 23.1 Å². The Balaban J connectivity index is 1.45. The Labute approximate surface area is 224 Å². The first kappa shape index (κ1) is 25.8. The molecule has 5 rings (SSSR count). The molecular weight excluding hydrogens is 510 g/mol. The Kier molecular flexibility index (Phi) is 6.87. The fourth-order valence-electron chi connectivity index (χ4n) is 4.95. The van der Waals surface area contributed by atoms with Gasteiger partial charge < -0.3 is 29.7 Å². The molecule has 2 aromatic heterocycles. The summed E-state index contributed by atoms with van der Waals surface area (Å²) >= 11 is 6.45. The normalized spacial score (nSPS) is 17.9. The van der Waals surface area contributed by atoms with Gasteiger partial charge in [-0.25, -0.2) is 9.78 Å². The van der Waals surface area contributed by atoms with Crippen molar-refractivity contribution < 1.29 is 14.3 Å². The predicted octanol–water partition coefficient (Wildman–Crippen LogP) is 3.00. The summed E-state index contributed by atoms with van der Waals surface area (Å²) in [4.78, 5) is 50.6. The number of amides is 1. The second-order valence-electron chi connectivity index (χ2n) is 9.98. The van der Waals surface area contributed by atoms with Gasteiger partial charge in [0.2, 0.25) is 11.9 Å². The van der Waals surface area contributed by atoms with E-state index in [0.717, 1.165) is 12.8 Å². The van der Waals surface area contributed by atoms with Gasteiger partial charge in [-0.05, 0) is 38.0 Å². The van der Waals surface area contributed by atoms with E-state index in [0.29, 0.717) is 52.2 Å². The first-order valence-electron chi connectivity index (χ1n) is 12.5. The van der Waals surface area contributed by atoms with Crippen LogP contribution < -0.4 is 21.1 Å². The third kappa shape index (κ3) is 4.73. The molecule has 1 aromatic carbocycles. The van der Waals surface area contributed by atoms with Crippen molar-refractivity contribution in [1.82, 2.24) is 19.4 Å². The zero-order chi connectivity index (χ0) is 27.1. The number of halogens is 1. The molecule has 0 saturated carbocycles. The van der Waals surface area contributed by atoms with Gasteiger partial charge in [-0.3, -0.25) is 9.59 Å². The van der Waals surface area contributed by atoms with E-state index in [1.807, 2.05) is 30.0 Å². The summed E-state index contributed by atoms with van der Waals surface area (Å²) in [5, 5.41) is 7.57. The molecule has 3 aromatic rings. The van der Waals surface area contributed by atoms with Crippen molar-refractivity contribution in [2.75, 3.05) is 49.3 Å². The minimum Gasteiger partial charge on any atom is -0.460 e. The van der Waals surface area contributed by atoms with Crippen LogP contribution in [0.1, 0.15) is 30.1 Å². The molecule has 1 atom stereocenters. The average molecular weight is 540 g/mol. The van der Waals surface area contributed by atoms with E-state index in [1.54, 1.807) is 32.2 Å². The summed E-state index contributed by atoms with van der Waals surface area (Å²) in [7, 11) is 5.19. The summed E-state index contributed by atoms with van der Waals surface area (Å²) in [5.41, 5.74) is 1.36. The van der Waals surface area contributed by atoms with E-state index in [9.17, 15) is 14.4 Å². The number of esters is 1. The molecule has 4 heterocycles. The molecule has 1 saturated heterocycles. The van der Waals surface area contributed by atoms with Gasteiger partial charge in [-0.1, -0.05) is 11.6 Å². The number of pyridine rings is 1. The van der Waals surface area contributed by atoms with Crippen molar-refractivity contribution in [1.29, 1.82) is 0 Å². The second kappa shape index (κ2) is 10.1. The Morgan fingerprint density at radius 2 is 1.97 bits per heavy atom. The monoisotopic (exact) mass is 539 g/mol. The molecule has 2 N–H and O–H groups in total. The maximum Gasteiger partial charge on any atom is 0.346 e. The van der Waals surface area contributed by atoms with Crippen LogP contribution in [0.5, 0.6) is 0 Å². The number of anilines is 4. The Bertz CT molecular complexity index is 1480. The molecule has 1 amide bonds. The lowest BCUT2D eigenvalue weighted by atomic mass is 9.96. The molecule has 38 heavy (non-hydrogen) atoms. The number of fused-ring (bicyclic) bond motifs is 3. The molecule has 2 aliphatic rings. The number of hydrogen-bond donors (Lipinski definition) is 2. The van der Waals surface area contributed by atoms with Crippen LogP contribution in [0, 0.1) is 5.92 Å². The zero-order valence-electron chi connectivity index (χ0n) is 21.7. The summed E-state index contributed by atoms with van der Waals surface area (Å²) in [5.74, 6) is 0.468. The smallest absolute Gasteiger partial charge is 0.346 e. The first-order chi connectivity index (χ1) is 18.1. The maximum absolute atomic E-state index is 12.9. The quantitative estimate of drug-likeness (QED) is 0.482. The van der Waals surface area contributed by atoms with Gasteiger partial charge in [0.05, 0.1) is 23.4 Å². The van der Waals surface area contributed by atoms with E-state index in [-0.39, 0.29) is 30.0 Å². The minimum atomic E-state index is -0.641. The molecule has 0 unspecified atom stereocenters. The van der Waals surface area contributed by atoms with Crippen LogP contribution in [-0.4, -0.2) is 71.1 Å². The van der Waals surface area contributed by atoms with Gasteiger partial charge in [0.15, 0.2) is 5.82 Å². The highest BCUT2D eigenvalue weighted by atomic mass is 35.5. The highest BCUT2D eigenvalue weighted by Gasteiger charge is 2.29. The number of benzene rings is 1. The molecule has 0 radical (unpaired) electrons. The van der Waals surface area contributed by atoms with Crippen molar-refractivity contribution in [2.45, 2.75) is 25.8 Å². The Morgan fingerprint density at radius 3 is 2.68 bits per heavy atom. The number of carbonyl (C=O) groups excluding carboxylic acids is 2. The van der Waals surface area contributed by atoms with Crippen LogP contribution in [0.15, 0.2) is 29.2 Å². The van der Waals surface area contributed by atoms with Crippen LogP contribution >= 0.6 is 11.6 Å². The predicted molar refractivity (Wildman–Crippen MR) is 147 cm³/mol. The van der Waals surface area contributed by atoms with E-state index in [1.165, 1.54) is 4.57 Å². The third-order valence-electron chi connectivity index (χ3n) is 7.02. The highest BCUT2D eigenvalue weighted by Crippen LogP contribution is 2.33. The third-order valence-corrected chi connectivity index (χ3v) is 7.29. The van der Waals surface area contributed by atoms with Crippen LogP contribution in [0.25, 0.3) is 10.9 Å². The number of piperidine rings is 1. The summed E-state index contributed by atoms with van der Waals surface area (Å²) < 4.78 is 6.72. The highest BCUT2D eigenvalue weighted by molar-refractivity contribution is 6.33. The van der Waals surface area contributed by atoms with E-state index >= 15 is 0 Å². The Morgan fingerprint density at radius 1 is 1.24 bits per heavy atom. The number of nitrogens with one attached hydrogen (secondary N) is 2. The number of nitrogens with zero attached hydrogens (tertiary/aromatic N) is 5. The lowest BCUT2D eigenvalue weighted by Gasteiger charge is -2.32. The molecule has 200 valence electrons. The topological polar surface area (TPSA) is 122 Å². The van der Waals surface area contributed by atoms with Crippen LogP contribution in [0.3, 0.4) is 0 Å². The van der Waals surface area contributed by atoms with Crippen molar-refractivity contribution in [3.05, 3.63) is 45.3 Å². The van der Waals surface area contributed by atoms with Gasteiger partial charge >= 0.3 is 5.97 Å². The number of carbonyl (C=O) groups is 2. The van der Waals surface area contributed by atoms with E-state index in [2.05, 4.69) is 20.6 Å². The van der Waals surface area contributed by atoms with E-state index in [4.69, 9.17) is 16.3 Å². The fraction of sp³-hybridized carbons (Fsp3) is 0.423. The van der Waals surface area contributed by atoms with Crippen molar-refractivity contribution in [3.63, 3.8) is 0 Å². The summed E-state index contributed by atoms with van der Waals surface area (Å²) in [6.45, 7) is 3.38. The van der Waals surface area contributed by atoms with E-state index < -0.39 is 11.5 Å². The minimum absolute atomic E-state index is 0.00319. The molecule has 0 spiro atoms. The maximum atomic E-state index is 12.9. The zero-order valence-corrected chi connectivity index (χ0v) is 22.5. The second-order valence-corrected chi connectivity index (χ2v) is 10.4. The molecule has 11 nitrogen and oxygen atoms in total. The lowest BCUT2D eigenvalue weighted by molar-refractivity contribution is -0.133. The van der Waals surface area contributed by atoms with Crippen molar-refractivity contribution >= 4 is 57.5 Å². The SMILES string of the molecule is C[C@H]1COC(=O)c2c(c3cc(Nc4nc(N5CCC(C(=O)N(C)C)CC5)ncc4Cl)ccc3n(C)c2=O)N1. The van der Waals surface area contributed by atoms with Gasteiger partial charge in [-0.15, -0.1) is 0 Å².